The molecule has 0 aliphatic carbocycles. The number of methoxy groups -OCH3 is 2. The number of benzene rings is 2. The molecule has 1 aromatic heterocycles. The number of piperidine rings is 1. The molecule has 4 rings (SSSR count). The van der Waals surface area contributed by atoms with Crippen LogP contribution in [-0.4, -0.2) is 101 Å². The van der Waals surface area contributed by atoms with Crippen molar-refractivity contribution in [3.63, 3.8) is 0 Å². The molecule has 0 amide bonds. The molecule has 1 fully saturated rings. The molecule has 1 saturated heterocycles. The van der Waals surface area contributed by atoms with Gasteiger partial charge in [-0.05, 0) is 49.1 Å². The number of aliphatic hydroxyl groups excluding tert-OH is 1. The van der Waals surface area contributed by atoms with E-state index in [4.69, 9.17) is 9.47 Å². The number of nitrogens with one attached hydrogen (secondary N) is 2. The summed E-state index contributed by atoms with van der Waals surface area (Å²) >= 11 is 0. The van der Waals surface area contributed by atoms with E-state index in [9.17, 15) is 27.0 Å². The van der Waals surface area contributed by atoms with Gasteiger partial charge in [0.2, 0.25) is 0 Å². The molecule has 2 heterocycles. The van der Waals surface area contributed by atoms with Gasteiger partial charge in [0.05, 0.1) is 48.2 Å². The van der Waals surface area contributed by atoms with Gasteiger partial charge in [-0.15, -0.1) is 0 Å². The lowest BCUT2D eigenvalue weighted by Gasteiger charge is -2.34. The summed E-state index contributed by atoms with van der Waals surface area (Å²) < 4.78 is 75.3. The number of hydrogen-bond acceptors (Lipinski definition) is 7. The Morgan fingerprint density at radius 2 is 1.84 bits per heavy atom. The van der Waals surface area contributed by atoms with E-state index >= 15 is 0 Å². The fourth-order valence-corrected chi connectivity index (χ4v) is 6.24. The molecule has 1 unspecified atom stereocenters. The van der Waals surface area contributed by atoms with Crippen molar-refractivity contribution in [1.82, 2.24) is 9.47 Å². The standard InChI is InChI=1S/C31H41F3N4O5S/c1-42-20-24(39)19-37-15-12-22(13-16-37)36-27-8-5-9-29-26(27)17-23(38(29)21-31(32,33)34)7-6-14-35-28-11-10-25(18-30(28)43-2)44(3,4,40)41/h5,8-11,17-18,22,24,35-36,39H,12-16,19-21H2,1-4H3,(H,40,41). The van der Waals surface area contributed by atoms with Crippen LogP contribution in [0.2, 0.25) is 0 Å². The number of likely N-dealkylation sites (tertiary alicyclic amines) is 1. The summed E-state index contributed by atoms with van der Waals surface area (Å²) in [5.41, 5.74) is 1.95. The third-order valence-electron chi connectivity index (χ3n) is 7.49. The predicted octanol–water partition coefficient (Wildman–Crippen LogP) is 4.47. The number of ether oxygens (including phenoxy) is 2. The summed E-state index contributed by atoms with van der Waals surface area (Å²) in [6, 6.07) is 11.7. The average molecular weight is 639 g/mol. The number of alkyl halides is 3. The first-order valence-electron chi connectivity index (χ1n) is 14.3. The zero-order chi connectivity index (χ0) is 32.1. The largest absolute Gasteiger partial charge is 0.495 e. The number of β-amino-alcohol motifs (C(OH)–C–C–N with tert-alkyl or cyclic N) is 1. The van der Waals surface area contributed by atoms with Crippen molar-refractivity contribution in [2.45, 2.75) is 42.6 Å². The van der Waals surface area contributed by atoms with Gasteiger partial charge in [-0.3, -0.25) is 4.55 Å². The van der Waals surface area contributed by atoms with Crippen molar-refractivity contribution >= 4 is 31.6 Å². The fraction of sp³-hybridized carbons (Fsp3) is 0.484. The Morgan fingerprint density at radius 1 is 1.11 bits per heavy atom. The number of anilines is 2. The summed E-state index contributed by atoms with van der Waals surface area (Å²) in [5, 5.41) is 17.3. The summed E-state index contributed by atoms with van der Waals surface area (Å²) in [7, 11) is -0.981. The SMILES string of the molecule is COCC(O)CN1CCC(Nc2cccc3c2cc(C#CCNc2ccc(S(C)(C)(=O)O)cc2OC)n3CC(F)(F)F)CC1. The van der Waals surface area contributed by atoms with E-state index in [2.05, 4.69) is 27.4 Å². The third kappa shape index (κ3) is 8.89. The molecule has 1 atom stereocenters. The molecule has 0 radical (unpaired) electrons. The highest BCUT2D eigenvalue weighted by molar-refractivity contribution is 8.14. The Balaban J connectivity index is 1.52. The average Bonchev–Trinajstić information content (AvgIpc) is 3.28. The smallest absolute Gasteiger partial charge is 0.406 e. The number of aromatic nitrogens is 1. The minimum absolute atomic E-state index is 0.0997. The second-order valence-electron chi connectivity index (χ2n) is 11.6. The highest BCUT2D eigenvalue weighted by Crippen LogP contribution is 2.34. The van der Waals surface area contributed by atoms with Crippen LogP contribution < -0.4 is 15.4 Å². The molecule has 1 aliphatic rings. The van der Waals surface area contributed by atoms with Gasteiger partial charge in [-0.25, -0.2) is 4.21 Å². The van der Waals surface area contributed by atoms with Gasteiger partial charge in [0, 0.05) is 62.4 Å². The monoisotopic (exact) mass is 638 g/mol. The molecule has 0 bridgehead atoms. The molecule has 44 heavy (non-hydrogen) atoms. The van der Waals surface area contributed by atoms with E-state index in [0.717, 1.165) is 31.6 Å². The topological polar surface area (TPSA) is 108 Å². The Labute approximate surface area is 255 Å². The number of halogens is 3. The maximum atomic E-state index is 13.6. The minimum atomic E-state index is -4.44. The van der Waals surface area contributed by atoms with Crippen molar-refractivity contribution in [2.75, 3.05) is 70.2 Å². The molecule has 0 saturated carbocycles. The van der Waals surface area contributed by atoms with Crippen LogP contribution in [-0.2, 0) is 20.6 Å². The third-order valence-corrected chi connectivity index (χ3v) is 9.09. The molecular weight excluding hydrogens is 597 g/mol. The second kappa shape index (κ2) is 13.4. The van der Waals surface area contributed by atoms with Gasteiger partial charge in [0.25, 0.3) is 0 Å². The molecule has 9 nitrogen and oxygen atoms in total. The normalized spacial score (nSPS) is 16.5. The summed E-state index contributed by atoms with van der Waals surface area (Å²) in [6.07, 6.45) is -0.821. The van der Waals surface area contributed by atoms with Gasteiger partial charge < -0.3 is 34.7 Å². The van der Waals surface area contributed by atoms with Crippen molar-refractivity contribution in [2.24, 2.45) is 0 Å². The van der Waals surface area contributed by atoms with E-state index in [0.29, 0.717) is 28.9 Å². The van der Waals surface area contributed by atoms with Gasteiger partial charge in [0.15, 0.2) is 0 Å². The Morgan fingerprint density at radius 3 is 2.48 bits per heavy atom. The first-order valence-corrected chi connectivity index (χ1v) is 17.0. The minimum Gasteiger partial charge on any atom is -0.495 e. The van der Waals surface area contributed by atoms with Crippen LogP contribution >= 0.6 is 0 Å². The summed E-state index contributed by atoms with van der Waals surface area (Å²) in [4.78, 5) is 2.41. The second-order valence-corrected chi connectivity index (χ2v) is 15.6. The van der Waals surface area contributed by atoms with Crippen LogP contribution in [0.5, 0.6) is 5.75 Å². The quantitative estimate of drug-likeness (QED) is 0.228. The highest BCUT2D eigenvalue weighted by atomic mass is 32.3. The van der Waals surface area contributed by atoms with Gasteiger partial charge in [-0.1, -0.05) is 12.0 Å². The van der Waals surface area contributed by atoms with Crippen LogP contribution in [0.4, 0.5) is 24.5 Å². The Hall–Kier alpha value is -3.28. The van der Waals surface area contributed by atoms with Crippen molar-refractivity contribution < 1.29 is 36.5 Å². The fourth-order valence-electron chi connectivity index (χ4n) is 5.34. The number of hydrogen-bond donors (Lipinski definition) is 4. The van der Waals surface area contributed by atoms with Crippen LogP contribution in [0.3, 0.4) is 0 Å². The molecule has 242 valence electrons. The van der Waals surface area contributed by atoms with E-state index in [1.807, 2.05) is 6.07 Å². The van der Waals surface area contributed by atoms with Gasteiger partial charge in [-0.2, -0.15) is 22.5 Å². The maximum absolute atomic E-state index is 13.6. The first-order chi connectivity index (χ1) is 20.6. The van der Waals surface area contributed by atoms with E-state index in [-0.39, 0.29) is 29.8 Å². The Kier molecular flexibility index (Phi) is 10.2. The van der Waals surface area contributed by atoms with Crippen LogP contribution in [0, 0.1) is 11.8 Å². The molecule has 0 spiro atoms. The van der Waals surface area contributed by atoms with Crippen molar-refractivity contribution in [3.05, 3.63) is 48.2 Å². The molecular formula is C31H41F3N4O5S. The van der Waals surface area contributed by atoms with E-state index in [1.165, 1.54) is 36.3 Å². The van der Waals surface area contributed by atoms with Crippen LogP contribution in [0.15, 0.2) is 47.4 Å². The van der Waals surface area contributed by atoms with Gasteiger partial charge in [0.1, 0.15) is 12.3 Å². The molecule has 13 heteroatoms. The molecule has 2 aromatic carbocycles. The molecule has 3 aromatic rings. The van der Waals surface area contributed by atoms with Crippen LogP contribution in [0.25, 0.3) is 10.9 Å². The molecule has 4 N–H and O–H groups in total. The van der Waals surface area contributed by atoms with E-state index in [1.54, 1.807) is 31.4 Å². The number of aliphatic hydroxyl groups is 1. The number of nitrogens with zero attached hydrogens (tertiary/aromatic N) is 2. The maximum Gasteiger partial charge on any atom is 0.406 e. The van der Waals surface area contributed by atoms with E-state index < -0.39 is 28.2 Å². The molecule has 1 aliphatic heterocycles. The Bertz CT molecular complexity index is 1570. The zero-order valence-electron chi connectivity index (χ0n) is 25.4. The van der Waals surface area contributed by atoms with Crippen molar-refractivity contribution in [3.8, 4) is 17.6 Å². The summed E-state index contributed by atoms with van der Waals surface area (Å²) in [5.74, 6) is 6.15. The van der Waals surface area contributed by atoms with Crippen molar-refractivity contribution in [1.29, 1.82) is 0 Å². The van der Waals surface area contributed by atoms with Crippen LogP contribution in [0.1, 0.15) is 18.5 Å². The lowest BCUT2D eigenvalue weighted by molar-refractivity contribution is -0.140. The summed E-state index contributed by atoms with van der Waals surface area (Å²) in [6.45, 7) is 1.32. The number of rotatable bonds is 11. The first kappa shape index (κ1) is 33.6. The van der Waals surface area contributed by atoms with Gasteiger partial charge >= 0.3 is 6.18 Å². The lowest BCUT2D eigenvalue weighted by atomic mass is 10.0. The highest BCUT2D eigenvalue weighted by Gasteiger charge is 2.30. The predicted molar refractivity (Wildman–Crippen MR) is 168 cm³/mol. The lowest BCUT2D eigenvalue weighted by Crippen LogP contribution is -2.43. The number of fused-ring (bicyclic) bond motifs is 1. The zero-order valence-corrected chi connectivity index (χ0v) is 26.2.